The van der Waals surface area contributed by atoms with Gasteiger partial charge in [0, 0.05) is 24.5 Å². The van der Waals surface area contributed by atoms with Crippen molar-refractivity contribution in [3.8, 4) is 16.9 Å². The summed E-state index contributed by atoms with van der Waals surface area (Å²) in [6.07, 6.45) is 9.06. The van der Waals surface area contributed by atoms with Gasteiger partial charge in [0.05, 0.1) is 25.6 Å². The number of nitrogens with zero attached hydrogens (tertiary/aromatic N) is 1. The number of carboxylic acids is 1. The highest BCUT2D eigenvalue weighted by Gasteiger charge is 2.19. The molecule has 6 N–H and O–H groups in total. The number of rotatable bonds is 21. The van der Waals surface area contributed by atoms with Gasteiger partial charge in [-0.05, 0) is 78.6 Å². The van der Waals surface area contributed by atoms with Crippen molar-refractivity contribution in [2.75, 3.05) is 31.6 Å². The number of pyridine rings is 1. The first-order chi connectivity index (χ1) is 23.8. The first-order valence-electron chi connectivity index (χ1n) is 17.2. The van der Waals surface area contributed by atoms with Gasteiger partial charge in [-0.1, -0.05) is 80.3 Å². The molecule has 0 unspecified atom stereocenters. The van der Waals surface area contributed by atoms with Crippen molar-refractivity contribution in [3.05, 3.63) is 90.1 Å². The third-order valence-corrected chi connectivity index (χ3v) is 8.33. The largest absolute Gasteiger partial charge is 0.493 e. The molecule has 10 nitrogen and oxygen atoms in total. The minimum Gasteiger partial charge on any atom is -0.493 e. The number of unbranched alkanes of at least 4 members (excludes halogenated alkanes) is 5. The van der Waals surface area contributed by atoms with Crippen molar-refractivity contribution < 1.29 is 24.2 Å². The number of fused-ring (bicyclic) bond motifs is 1. The molecular formula is C39H49N5O5. The second kappa shape index (κ2) is 19.8. The second-order valence-electron chi connectivity index (χ2n) is 12.3. The molecule has 0 bridgehead atoms. The zero-order chi connectivity index (χ0) is 34.8. The predicted molar refractivity (Wildman–Crippen MR) is 194 cm³/mol. The lowest BCUT2D eigenvalue weighted by molar-refractivity contribution is -0.138. The van der Waals surface area contributed by atoms with Crippen LogP contribution >= 0.6 is 0 Å². The zero-order valence-electron chi connectivity index (χ0n) is 28.4. The molecule has 1 heterocycles. The van der Waals surface area contributed by atoms with E-state index in [2.05, 4.69) is 33.1 Å². The second-order valence-corrected chi connectivity index (χ2v) is 12.3. The number of amides is 2. The fourth-order valence-corrected chi connectivity index (χ4v) is 5.72. The molecule has 10 heteroatoms. The number of aromatic nitrogens is 1. The molecule has 0 saturated heterocycles. The van der Waals surface area contributed by atoms with Gasteiger partial charge in [0.2, 0.25) is 11.8 Å². The number of nitrogens with two attached hydrogens (primary N) is 1. The molecule has 49 heavy (non-hydrogen) atoms. The van der Waals surface area contributed by atoms with E-state index < -0.39 is 17.9 Å². The van der Waals surface area contributed by atoms with E-state index in [9.17, 15) is 19.5 Å². The lowest BCUT2D eigenvalue weighted by atomic mass is 9.95. The van der Waals surface area contributed by atoms with E-state index in [-0.39, 0.29) is 25.3 Å². The van der Waals surface area contributed by atoms with Crippen LogP contribution in [0.3, 0.4) is 0 Å². The predicted octanol–water partition coefficient (Wildman–Crippen LogP) is 6.53. The first kappa shape index (κ1) is 36.9. The summed E-state index contributed by atoms with van der Waals surface area (Å²) in [7, 11) is 0. The molecule has 260 valence electrons. The smallest absolute Gasteiger partial charge is 0.305 e. The van der Waals surface area contributed by atoms with Crippen molar-refractivity contribution in [2.45, 2.75) is 70.8 Å². The first-order valence-corrected chi connectivity index (χ1v) is 17.2. The van der Waals surface area contributed by atoms with Gasteiger partial charge in [0.1, 0.15) is 11.6 Å². The molecule has 3 aromatic carbocycles. The standard InChI is InChI=1S/C39H49N5O5/c1-28-20-23-42-36(25-28)41-22-10-13-37(45)43-27-38(46)44-34(26-39(47)48)30-16-14-29(15-17-30)31-18-19-35(33-12-7-6-11-32(31)33)49-24-9-5-3-2-4-8-21-40/h6-7,11-12,14-20,23,25,34H,2-5,8-10,13,21-22,24,26-27,40H2,1H3,(H,41,42)(H,43,45)(H,44,46)(H,47,48)/t34-/m0/s1. The van der Waals surface area contributed by atoms with Gasteiger partial charge in [-0.15, -0.1) is 0 Å². The monoisotopic (exact) mass is 667 g/mol. The van der Waals surface area contributed by atoms with Crippen molar-refractivity contribution >= 4 is 34.4 Å². The summed E-state index contributed by atoms with van der Waals surface area (Å²) in [5, 5.41) is 20.2. The number of aryl methyl sites for hydroxylation is 1. The average molecular weight is 668 g/mol. The quantitative estimate of drug-likeness (QED) is 0.0629. The number of hydrogen-bond donors (Lipinski definition) is 5. The number of benzene rings is 3. The van der Waals surface area contributed by atoms with Crippen LogP contribution in [0.5, 0.6) is 5.75 Å². The Hall–Kier alpha value is -4.96. The fraction of sp³-hybridized carbons (Fsp3) is 0.385. The Morgan fingerprint density at radius 1 is 0.857 bits per heavy atom. The van der Waals surface area contributed by atoms with Gasteiger partial charge in [-0.25, -0.2) is 4.98 Å². The molecule has 0 aliphatic carbocycles. The highest BCUT2D eigenvalue weighted by Crippen LogP contribution is 2.35. The van der Waals surface area contributed by atoms with Crippen LogP contribution in [0.15, 0.2) is 79.0 Å². The Kier molecular flexibility index (Phi) is 14.9. The number of nitrogens with one attached hydrogen (secondary N) is 3. The molecule has 0 fully saturated rings. The number of carbonyl (C=O) groups is 3. The van der Waals surface area contributed by atoms with Gasteiger partial charge in [0.15, 0.2) is 0 Å². The number of carboxylic acid groups (broad SMARTS) is 1. The van der Waals surface area contributed by atoms with E-state index >= 15 is 0 Å². The molecular weight excluding hydrogens is 618 g/mol. The molecule has 0 aliphatic heterocycles. The van der Waals surface area contributed by atoms with Gasteiger partial charge in [-0.2, -0.15) is 0 Å². The van der Waals surface area contributed by atoms with Crippen LogP contribution in [-0.4, -0.2) is 54.1 Å². The van der Waals surface area contributed by atoms with E-state index in [0.29, 0.717) is 25.1 Å². The van der Waals surface area contributed by atoms with E-state index in [1.54, 1.807) is 6.20 Å². The lowest BCUT2D eigenvalue weighted by Crippen LogP contribution is -2.39. The van der Waals surface area contributed by atoms with Crippen LogP contribution in [0.25, 0.3) is 21.9 Å². The third kappa shape index (κ3) is 12.2. The number of carbonyl (C=O) groups excluding carboxylic acids is 2. The maximum Gasteiger partial charge on any atom is 0.305 e. The van der Waals surface area contributed by atoms with Crippen LogP contribution in [0.4, 0.5) is 5.82 Å². The Morgan fingerprint density at radius 3 is 2.33 bits per heavy atom. The van der Waals surface area contributed by atoms with E-state index in [4.69, 9.17) is 10.5 Å². The maximum absolute atomic E-state index is 12.7. The Balaban J connectivity index is 1.30. The van der Waals surface area contributed by atoms with Gasteiger partial charge in [-0.3, -0.25) is 14.4 Å². The summed E-state index contributed by atoms with van der Waals surface area (Å²) >= 11 is 0. The lowest BCUT2D eigenvalue weighted by Gasteiger charge is -2.19. The zero-order valence-corrected chi connectivity index (χ0v) is 28.4. The molecule has 1 aromatic heterocycles. The van der Waals surface area contributed by atoms with Crippen LogP contribution in [0.1, 0.15) is 75.0 Å². The summed E-state index contributed by atoms with van der Waals surface area (Å²) in [6.45, 7) is 3.73. The summed E-state index contributed by atoms with van der Waals surface area (Å²) < 4.78 is 6.19. The number of anilines is 1. The molecule has 0 aliphatic rings. The topological polar surface area (TPSA) is 156 Å². The molecule has 1 atom stereocenters. The highest BCUT2D eigenvalue weighted by molar-refractivity contribution is 6.00. The maximum atomic E-state index is 12.7. The van der Waals surface area contributed by atoms with Crippen LogP contribution in [0, 0.1) is 6.92 Å². The summed E-state index contributed by atoms with van der Waals surface area (Å²) in [5.41, 5.74) is 9.32. The molecule has 4 aromatic rings. The Labute approximate surface area is 288 Å². The van der Waals surface area contributed by atoms with Crippen molar-refractivity contribution in [1.82, 2.24) is 15.6 Å². The summed E-state index contributed by atoms with van der Waals surface area (Å²) in [5.74, 6) is -0.154. The van der Waals surface area contributed by atoms with Crippen LogP contribution in [0.2, 0.25) is 0 Å². The minimum absolute atomic E-state index is 0.240. The number of hydrogen-bond acceptors (Lipinski definition) is 7. The van der Waals surface area contributed by atoms with E-state index in [1.807, 2.05) is 67.6 Å². The van der Waals surface area contributed by atoms with Gasteiger partial charge < -0.3 is 31.5 Å². The summed E-state index contributed by atoms with van der Waals surface area (Å²) in [4.78, 5) is 41.0. The van der Waals surface area contributed by atoms with Crippen molar-refractivity contribution in [2.24, 2.45) is 5.73 Å². The molecule has 4 rings (SSSR count). The normalized spacial score (nSPS) is 11.6. The summed E-state index contributed by atoms with van der Waals surface area (Å²) in [6, 6.07) is 22.8. The van der Waals surface area contributed by atoms with Gasteiger partial charge >= 0.3 is 5.97 Å². The molecule has 0 spiro atoms. The average Bonchev–Trinajstić information content (AvgIpc) is 3.10. The van der Waals surface area contributed by atoms with Crippen molar-refractivity contribution in [3.63, 3.8) is 0 Å². The van der Waals surface area contributed by atoms with E-state index in [0.717, 1.165) is 64.8 Å². The fourth-order valence-electron chi connectivity index (χ4n) is 5.72. The highest BCUT2D eigenvalue weighted by atomic mass is 16.5. The minimum atomic E-state index is -1.04. The number of ether oxygens (including phenoxy) is 1. The van der Waals surface area contributed by atoms with Crippen LogP contribution in [-0.2, 0) is 14.4 Å². The molecule has 0 saturated carbocycles. The Bertz CT molecular complexity index is 1660. The number of aliphatic carboxylic acids is 1. The Morgan fingerprint density at radius 2 is 1.59 bits per heavy atom. The van der Waals surface area contributed by atoms with Crippen molar-refractivity contribution in [1.29, 1.82) is 0 Å². The molecule has 0 radical (unpaired) electrons. The van der Waals surface area contributed by atoms with Crippen LogP contribution < -0.4 is 26.4 Å². The van der Waals surface area contributed by atoms with Gasteiger partial charge in [0.25, 0.3) is 0 Å². The SMILES string of the molecule is Cc1ccnc(NCCCC(=O)NCC(=O)N[C@@H](CC(=O)O)c2ccc(-c3ccc(OCCCCCCCCN)c4ccccc34)cc2)c1. The third-order valence-electron chi connectivity index (χ3n) is 8.33. The van der Waals surface area contributed by atoms with E-state index in [1.165, 1.54) is 19.3 Å². The molecule has 2 amide bonds.